The number of hydrogen-bond acceptors (Lipinski definition) is 2. The molecule has 0 saturated carbocycles. The lowest BCUT2D eigenvalue weighted by Crippen LogP contribution is -2.12. The average Bonchev–Trinajstić information content (AvgIpc) is 2.52. The molecule has 0 heterocycles. The Balaban J connectivity index is 2.05. The average molecular weight is 349 g/mol. The van der Waals surface area contributed by atoms with Gasteiger partial charge in [-0.3, -0.25) is 4.79 Å². The van der Waals surface area contributed by atoms with Crippen LogP contribution in [0.5, 0.6) is 5.75 Å². The number of carbonyl (C=O) groups is 1. The normalized spacial score (nSPS) is 11.8. The van der Waals surface area contributed by atoms with Gasteiger partial charge in [0.05, 0.1) is 6.10 Å². The summed E-state index contributed by atoms with van der Waals surface area (Å²) in [7, 11) is 0. The van der Waals surface area contributed by atoms with E-state index in [2.05, 4.69) is 5.32 Å². The standard InChI is InChI=1S/C19H18F3NO2/c1-13(2)25-17-5-3-4-16(12-17)23-18(24)15-8-6-14(7-9-15)10-11-19(20,21)22/h3-13H,1-2H3,(H,23,24)/b11-10+. The van der Waals surface area contributed by atoms with Crippen LogP contribution >= 0.6 is 0 Å². The Morgan fingerprint density at radius 2 is 1.80 bits per heavy atom. The van der Waals surface area contributed by atoms with Crippen molar-refractivity contribution in [2.24, 2.45) is 0 Å². The quantitative estimate of drug-likeness (QED) is 0.795. The number of alkyl halides is 3. The molecule has 2 rings (SSSR count). The highest BCUT2D eigenvalue weighted by Crippen LogP contribution is 2.20. The third-order valence-electron chi connectivity index (χ3n) is 3.10. The second kappa shape index (κ2) is 7.88. The Kier molecular flexibility index (Phi) is 5.85. The Hall–Kier alpha value is -2.76. The first-order valence-corrected chi connectivity index (χ1v) is 7.67. The summed E-state index contributed by atoms with van der Waals surface area (Å²) in [5.41, 5.74) is 1.28. The SMILES string of the molecule is CC(C)Oc1cccc(NC(=O)c2ccc(/C=C/C(F)(F)F)cc2)c1. The van der Waals surface area contributed by atoms with E-state index >= 15 is 0 Å². The summed E-state index contributed by atoms with van der Waals surface area (Å²) in [6.07, 6.45) is -3.24. The van der Waals surface area contributed by atoms with Crippen LogP contribution < -0.4 is 10.1 Å². The van der Waals surface area contributed by atoms with Crippen LogP contribution in [0.3, 0.4) is 0 Å². The Morgan fingerprint density at radius 3 is 2.40 bits per heavy atom. The van der Waals surface area contributed by atoms with Crippen molar-refractivity contribution < 1.29 is 22.7 Å². The molecule has 0 spiro atoms. The molecule has 0 aliphatic carbocycles. The molecule has 3 nitrogen and oxygen atoms in total. The van der Waals surface area contributed by atoms with Crippen molar-refractivity contribution >= 4 is 17.7 Å². The molecule has 25 heavy (non-hydrogen) atoms. The van der Waals surface area contributed by atoms with E-state index in [1.807, 2.05) is 13.8 Å². The maximum Gasteiger partial charge on any atom is 0.409 e. The zero-order valence-electron chi connectivity index (χ0n) is 13.8. The fourth-order valence-corrected chi connectivity index (χ4v) is 2.06. The third kappa shape index (κ3) is 6.33. The predicted octanol–water partition coefficient (Wildman–Crippen LogP) is 5.30. The number of hydrogen-bond donors (Lipinski definition) is 1. The van der Waals surface area contributed by atoms with E-state index < -0.39 is 6.18 Å². The highest BCUT2D eigenvalue weighted by molar-refractivity contribution is 6.04. The van der Waals surface area contributed by atoms with Crippen LogP contribution in [0.1, 0.15) is 29.8 Å². The number of benzene rings is 2. The topological polar surface area (TPSA) is 38.3 Å². The number of nitrogens with one attached hydrogen (secondary N) is 1. The third-order valence-corrected chi connectivity index (χ3v) is 3.10. The van der Waals surface area contributed by atoms with Crippen LogP contribution in [0.2, 0.25) is 0 Å². The first kappa shape index (κ1) is 18.6. The molecule has 2 aromatic carbocycles. The van der Waals surface area contributed by atoms with Crippen molar-refractivity contribution in [3.05, 3.63) is 65.7 Å². The van der Waals surface area contributed by atoms with Gasteiger partial charge in [-0.25, -0.2) is 0 Å². The van der Waals surface area contributed by atoms with Gasteiger partial charge in [-0.15, -0.1) is 0 Å². The summed E-state index contributed by atoms with van der Waals surface area (Å²) in [4.78, 5) is 12.2. The van der Waals surface area contributed by atoms with Gasteiger partial charge in [-0.1, -0.05) is 24.3 Å². The minimum Gasteiger partial charge on any atom is -0.491 e. The van der Waals surface area contributed by atoms with Gasteiger partial charge in [-0.2, -0.15) is 13.2 Å². The van der Waals surface area contributed by atoms with Crippen LogP contribution in [-0.2, 0) is 0 Å². The van der Waals surface area contributed by atoms with Crippen molar-refractivity contribution in [1.29, 1.82) is 0 Å². The van der Waals surface area contributed by atoms with Gasteiger partial charge in [0, 0.05) is 23.4 Å². The number of rotatable bonds is 5. The molecular weight excluding hydrogens is 331 g/mol. The van der Waals surface area contributed by atoms with Gasteiger partial charge in [0.15, 0.2) is 0 Å². The maximum atomic E-state index is 12.2. The minimum atomic E-state index is -4.36. The lowest BCUT2D eigenvalue weighted by molar-refractivity contribution is -0.0790. The second-order valence-electron chi connectivity index (χ2n) is 5.65. The van der Waals surface area contributed by atoms with Crippen LogP contribution in [0.15, 0.2) is 54.6 Å². The molecule has 0 fully saturated rings. The van der Waals surface area contributed by atoms with Gasteiger partial charge in [0.25, 0.3) is 5.91 Å². The van der Waals surface area contributed by atoms with Crippen molar-refractivity contribution in [3.8, 4) is 5.75 Å². The molecule has 2 aromatic rings. The molecule has 0 aliphatic heterocycles. The Morgan fingerprint density at radius 1 is 1.12 bits per heavy atom. The van der Waals surface area contributed by atoms with E-state index in [0.29, 0.717) is 22.6 Å². The first-order chi connectivity index (χ1) is 11.7. The molecule has 0 atom stereocenters. The zero-order chi connectivity index (χ0) is 18.4. The van der Waals surface area contributed by atoms with Crippen LogP contribution in [0, 0.1) is 0 Å². The molecule has 6 heteroatoms. The highest BCUT2D eigenvalue weighted by atomic mass is 19.4. The number of ether oxygens (including phenoxy) is 1. The summed E-state index contributed by atoms with van der Waals surface area (Å²) in [6, 6.07) is 12.8. The summed E-state index contributed by atoms with van der Waals surface area (Å²) in [6.45, 7) is 3.81. The summed E-state index contributed by atoms with van der Waals surface area (Å²) in [5.74, 6) is 0.286. The van der Waals surface area contributed by atoms with E-state index in [1.165, 1.54) is 24.3 Å². The molecule has 0 saturated heterocycles. The van der Waals surface area contributed by atoms with Crippen LogP contribution in [0.25, 0.3) is 6.08 Å². The molecule has 132 valence electrons. The highest BCUT2D eigenvalue weighted by Gasteiger charge is 2.21. The van der Waals surface area contributed by atoms with Crippen LogP contribution in [0.4, 0.5) is 18.9 Å². The van der Waals surface area contributed by atoms with Gasteiger partial charge < -0.3 is 10.1 Å². The van der Waals surface area contributed by atoms with Gasteiger partial charge in [0.1, 0.15) is 5.75 Å². The fraction of sp³-hybridized carbons (Fsp3) is 0.211. The predicted molar refractivity (Wildman–Crippen MR) is 91.7 cm³/mol. The van der Waals surface area contributed by atoms with E-state index in [-0.39, 0.29) is 18.1 Å². The molecule has 0 bridgehead atoms. The molecule has 1 N–H and O–H groups in total. The molecule has 0 aliphatic rings. The van der Waals surface area contributed by atoms with Crippen LogP contribution in [-0.4, -0.2) is 18.2 Å². The van der Waals surface area contributed by atoms with E-state index in [1.54, 1.807) is 24.3 Å². The second-order valence-corrected chi connectivity index (χ2v) is 5.65. The maximum absolute atomic E-state index is 12.2. The van der Waals surface area contributed by atoms with Crippen molar-refractivity contribution in [1.82, 2.24) is 0 Å². The molecule has 0 unspecified atom stereocenters. The number of amides is 1. The molecule has 0 radical (unpaired) electrons. The van der Waals surface area contributed by atoms with Crippen molar-refractivity contribution in [3.63, 3.8) is 0 Å². The smallest absolute Gasteiger partial charge is 0.409 e. The van der Waals surface area contributed by atoms with Gasteiger partial charge in [-0.05, 0) is 43.7 Å². The Bertz CT molecular complexity index is 750. The molecule has 1 amide bonds. The molecular formula is C19H18F3NO2. The monoisotopic (exact) mass is 349 g/mol. The van der Waals surface area contributed by atoms with E-state index in [9.17, 15) is 18.0 Å². The van der Waals surface area contributed by atoms with Gasteiger partial charge >= 0.3 is 6.18 Å². The van der Waals surface area contributed by atoms with E-state index in [0.717, 1.165) is 6.08 Å². The number of anilines is 1. The van der Waals surface area contributed by atoms with Gasteiger partial charge in [0.2, 0.25) is 0 Å². The zero-order valence-corrected chi connectivity index (χ0v) is 13.8. The molecule has 0 aromatic heterocycles. The lowest BCUT2D eigenvalue weighted by Gasteiger charge is -2.11. The summed E-state index contributed by atoms with van der Waals surface area (Å²) in [5, 5.41) is 2.73. The van der Waals surface area contributed by atoms with Crippen molar-refractivity contribution in [2.45, 2.75) is 26.1 Å². The van der Waals surface area contributed by atoms with E-state index in [4.69, 9.17) is 4.74 Å². The summed E-state index contributed by atoms with van der Waals surface area (Å²) < 4.78 is 42.0. The van der Waals surface area contributed by atoms with Crippen molar-refractivity contribution in [2.75, 3.05) is 5.32 Å². The number of halogens is 3. The number of carbonyl (C=O) groups excluding carboxylic acids is 1. The minimum absolute atomic E-state index is 0.0169. The fourth-order valence-electron chi connectivity index (χ4n) is 2.06. The summed E-state index contributed by atoms with van der Waals surface area (Å²) >= 11 is 0. The lowest BCUT2D eigenvalue weighted by atomic mass is 10.1. The first-order valence-electron chi connectivity index (χ1n) is 7.67. The number of allylic oxidation sites excluding steroid dienone is 1. The largest absolute Gasteiger partial charge is 0.491 e. The Labute approximate surface area is 144 Å².